The van der Waals surface area contributed by atoms with Crippen molar-refractivity contribution in [2.45, 2.75) is 58.3 Å². The van der Waals surface area contributed by atoms with Crippen LogP contribution in [0.5, 0.6) is 5.75 Å². The highest BCUT2D eigenvalue weighted by atomic mass is 16.5. The molecule has 4 bridgehead atoms. The summed E-state index contributed by atoms with van der Waals surface area (Å²) in [6, 6.07) is 8.14. The van der Waals surface area contributed by atoms with Gasteiger partial charge in [0.25, 0.3) is 0 Å². The minimum absolute atomic E-state index is 0.0542. The number of hydrogen-bond donors (Lipinski definition) is 0. The second-order valence-electron chi connectivity index (χ2n) is 7.97. The van der Waals surface area contributed by atoms with E-state index in [0.717, 1.165) is 36.8 Å². The summed E-state index contributed by atoms with van der Waals surface area (Å²) in [6.45, 7) is 4.43. The SMILES string of the molecule is CCC(C)c1ccc(OC(=O)C23CC4CC(CC2C4)C3)cc1. The van der Waals surface area contributed by atoms with Gasteiger partial charge in [0, 0.05) is 0 Å². The lowest BCUT2D eigenvalue weighted by Crippen LogP contribution is -2.36. The smallest absolute Gasteiger partial charge is 0.317 e. The van der Waals surface area contributed by atoms with Crippen molar-refractivity contribution in [3.05, 3.63) is 29.8 Å². The molecule has 4 aliphatic carbocycles. The van der Waals surface area contributed by atoms with Gasteiger partial charge in [-0.3, -0.25) is 4.79 Å². The van der Waals surface area contributed by atoms with Crippen molar-refractivity contribution < 1.29 is 9.53 Å². The van der Waals surface area contributed by atoms with Gasteiger partial charge in [0.2, 0.25) is 0 Å². The molecule has 0 heterocycles. The Morgan fingerprint density at radius 1 is 1.18 bits per heavy atom. The molecule has 0 amide bonds. The first kappa shape index (κ1) is 14.3. The van der Waals surface area contributed by atoms with Crippen LogP contribution >= 0.6 is 0 Å². The molecule has 4 fully saturated rings. The summed E-state index contributed by atoms with van der Waals surface area (Å²) in [5.41, 5.74) is 1.18. The van der Waals surface area contributed by atoms with E-state index in [1.807, 2.05) is 12.1 Å². The lowest BCUT2D eigenvalue weighted by molar-refractivity contribution is -0.147. The number of rotatable bonds is 4. The normalized spacial score (nSPS) is 36.5. The predicted octanol–water partition coefficient (Wildman–Crippen LogP) is 4.93. The average Bonchev–Trinajstić information content (AvgIpc) is 2.93. The molecule has 0 spiro atoms. The zero-order chi connectivity index (χ0) is 15.3. The Labute approximate surface area is 133 Å². The molecule has 4 aliphatic rings. The molecule has 0 N–H and O–H groups in total. The van der Waals surface area contributed by atoms with E-state index in [1.165, 1.54) is 24.8 Å². The number of hydrogen-bond acceptors (Lipinski definition) is 2. The van der Waals surface area contributed by atoms with E-state index in [-0.39, 0.29) is 11.4 Å². The Morgan fingerprint density at radius 2 is 1.82 bits per heavy atom. The molecule has 2 nitrogen and oxygen atoms in total. The zero-order valence-corrected chi connectivity index (χ0v) is 13.7. The maximum Gasteiger partial charge on any atom is 0.317 e. The lowest BCUT2D eigenvalue weighted by Gasteiger charge is -2.30. The van der Waals surface area contributed by atoms with Crippen LogP contribution in [-0.2, 0) is 4.79 Å². The molecular weight excluding hydrogens is 272 g/mol. The van der Waals surface area contributed by atoms with Gasteiger partial charge in [-0.1, -0.05) is 26.0 Å². The Morgan fingerprint density at radius 3 is 2.41 bits per heavy atom. The number of benzene rings is 1. The molecular formula is C20H26O2. The van der Waals surface area contributed by atoms with Crippen LogP contribution in [0.2, 0.25) is 0 Å². The van der Waals surface area contributed by atoms with E-state index in [2.05, 4.69) is 26.0 Å². The van der Waals surface area contributed by atoms with E-state index in [0.29, 0.717) is 11.8 Å². The summed E-state index contributed by atoms with van der Waals surface area (Å²) in [5.74, 6) is 3.51. The van der Waals surface area contributed by atoms with Crippen molar-refractivity contribution >= 4 is 5.97 Å². The standard InChI is InChI=1S/C20H26O2/c1-3-13(2)16-4-6-18(7-5-16)22-19(21)20-11-14-8-15(12-20)10-17(20)9-14/h4-7,13-15,17H,3,8-12H2,1-2H3. The highest BCUT2D eigenvalue weighted by molar-refractivity contribution is 5.80. The van der Waals surface area contributed by atoms with E-state index >= 15 is 0 Å². The summed E-state index contributed by atoms with van der Waals surface area (Å²) < 4.78 is 5.80. The molecule has 4 saturated carbocycles. The van der Waals surface area contributed by atoms with Gasteiger partial charge in [-0.05, 0) is 79.9 Å². The van der Waals surface area contributed by atoms with Crippen LogP contribution in [0.1, 0.15) is 63.9 Å². The number of esters is 1. The van der Waals surface area contributed by atoms with Crippen LogP contribution in [0.4, 0.5) is 0 Å². The van der Waals surface area contributed by atoms with E-state index in [4.69, 9.17) is 4.74 Å². The van der Waals surface area contributed by atoms with Crippen molar-refractivity contribution in [1.82, 2.24) is 0 Å². The Kier molecular flexibility index (Phi) is 3.32. The average molecular weight is 298 g/mol. The summed E-state index contributed by atoms with van der Waals surface area (Å²) in [7, 11) is 0. The third kappa shape index (κ3) is 2.11. The quantitative estimate of drug-likeness (QED) is 0.582. The molecule has 118 valence electrons. The Bertz CT molecular complexity index is 560. The molecule has 22 heavy (non-hydrogen) atoms. The summed E-state index contributed by atoms with van der Waals surface area (Å²) in [6.07, 6.45) is 7.18. The highest BCUT2D eigenvalue weighted by Crippen LogP contribution is 2.65. The predicted molar refractivity (Wildman–Crippen MR) is 86.8 cm³/mol. The van der Waals surface area contributed by atoms with E-state index in [1.54, 1.807) is 0 Å². The van der Waals surface area contributed by atoms with Crippen molar-refractivity contribution in [3.63, 3.8) is 0 Å². The molecule has 3 unspecified atom stereocenters. The van der Waals surface area contributed by atoms with Crippen molar-refractivity contribution in [2.24, 2.45) is 23.2 Å². The Balaban J connectivity index is 1.49. The van der Waals surface area contributed by atoms with Gasteiger partial charge in [-0.25, -0.2) is 0 Å². The highest BCUT2D eigenvalue weighted by Gasteiger charge is 2.62. The number of carbonyl (C=O) groups excluding carboxylic acids is 1. The van der Waals surface area contributed by atoms with Crippen LogP contribution < -0.4 is 4.74 Å². The minimum atomic E-state index is -0.136. The number of carbonyl (C=O) groups is 1. The molecule has 1 aromatic rings. The van der Waals surface area contributed by atoms with Gasteiger partial charge >= 0.3 is 5.97 Å². The van der Waals surface area contributed by atoms with Crippen LogP contribution in [0.3, 0.4) is 0 Å². The van der Waals surface area contributed by atoms with Crippen LogP contribution in [0.25, 0.3) is 0 Å². The van der Waals surface area contributed by atoms with Crippen molar-refractivity contribution in [2.75, 3.05) is 0 Å². The second kappa shape index (κ2) is 5.11. The third-order valence-electron chi connectivity index (χ3n) is 6.67. The molecule has 0 aromatic heterocycles. The fourth-order valence-electron chi connectivity index (χ4n) is 5.44. The molecule has 0 saturated heterocycles. The molecule has 3 atom stereocenters. The summed E-state index contributed by atoms with van der Waals surface area (Å²) in [5, 5.41) is 0. The first-order valence-corrected chi connectivity index (χ1v) is 8.93. The van der Waals surface area contributed by atoms with Crippen molar-refractivity contribution in [3.8, 4) is 5.75 Å². The fraction of sp³-hybridized carbons (Fsp3) is 0.650. The second-order valence-corrected chi connectivity index (χ2v) is 7.97. The van der Waals surface area contributed by atoms with Gasteiger partial charge in [0.1, 0.15) is 5.75 Å². The Hall–Kier alpha value is -1.31. The van der Waals surface area contributed by atoms with Crippen LogP contribution in [0, 0.1) is 23.2 Å². The molecule has 1 aromatic carbocycles. The summed E-state index contributed by atoms with van der Waals surface area (Å²) in [4.78, 5) is 12.8. The fourth-order valence-corrected chi connectivity index (χ4v) is 5.44. The lowest BCUT2D eigenvalue weighted by atomic mass is 9.75. The molecule has 0 aliphatic heterocycles. The van der Waals surface area contributed by atoms with Gasteiger partial charge in [-0.2, -0.15) is 0 Å². The maximum absolute atomic E-state index is 12.8. The van der Waals surface area contributed by atoms with Crippen molar-refractivity contribution in [1.29, 1.82) is 0 Å². The zero-order valence-electron chi connectivity index (χ0n) is 13.7. The first-order chi connectivity index (χ1) is 10.6. The third-order valence-corrected chi connectivity index (χ3v) is 6.67. The van der Waals surface area contributed by atoms with Crippen LogP contribution in [-0.4, -0.2) is 5.97 Å². The number of ether oxygens (including phenoxy) is 1. The van der Waals surface area contributed by atoms with E-state index < -0.39 is 0 Å². The minimum Gasteiger partial charge on any atom is -0.426 e. The van der Waals surface area contributed by atoms with Gasteiger partial charge < -0.3 is 4.74 Å². The first-order valence-electron chi connectivity index (χ1n) is 8.93. The summed E-state index contributed by atoms with van der Waals surface area (Å²) >= 11 is 0. The maximum atomic E-state index is 12.8. The topological polar surface area (TPSA) is 26.3 Å². The molecule has 0 radical (unpaired) electrons. The molecule has 2 heteroatoms. The largest absolute Gasteiger partial charge is 0.426 e. The monoisotopic (exact) mass is 298 g/mol. The van der Waals surface area contributed by atoms with E-state index in [9.17, 15) is 4.79 Å². The van der Waals surface area contributed by atoms with Crippen LogP contribution in [0.15, 0.2) is 24.3 Å². The van der Waals surface area contributed by atoms with Gasteiger partial charge in [0.15, 0.2) is 0 Å². The van der Waals surface area contributed by atoms with Gasteiger partial charge in [0.05, 0.1) is 5.41 Å². The van der Waals surface area contributed by atoms with Gasteiger partial charge in [-0.15, -0.1) is 0 Å². The molecule has 5 rings (SSSR count).